The van der Waals surface area contributed by atoms with Crippen LogP contribution in [0.3, 0.4) is 0 Å². The number of carbonyl (C=O) groups is 1. The molecule has 2 heterocycles. The molecule has 0 aliphatic carbocycles. The van der Waals surface area contributed by atoms with Gasteiger partial charge < -0.3 is 0 Å². The lowest BCUT2D eigenvalue weighted by Gasteiger charge is -2.23. The molecule has 2 aliphatic rings. The minimum Gasteiger partial charge on any atom is -0.297 e. The highest BCUT2D eigenvalue weighted by Gasteiger charge is 2.46. The molecule has 0 spiro atoms. The third-order valence-electron chi connectivity index (χ3n) is 4.68. The molecule has 1 amide bonds. The summed E-state index contributed by atoms with van der Waals surface area (Å²) in [6, 6.07) is 16.2. The van der Waals surface area contributed by atoms with E-state index in [1.54, 1.807) is 18.2 Å². The van der Waals surface area contributed by atoms with Crippen LogP contribution in [0.5, 0.6) is 0 Å². The van der Waals surface area contributed by atoms with Crippen molar-refractivity contribution >= 4 is 15.9 Å². The molecule has 0 saturated carbocycles. The van der Waals surface area contributed by atoms with Crippen molar-refractivity contribution in [2.24, 2.45) is 0 Å². The van der Waals surface area contributed by atoms with Gasteiger partial charge in [-0.15, -0.1) is 0 Å². The van der Waals surface area contributed by atoms with Crippen molar-refractivity contribution in [3.63, 3.8) is 0 Å². The zero-order valence-corrected chi connectivity index (χ0v) is 13.9. The Morgan fingerprint density at radius 2 is 1.71 bits per heavy atom. The number of carbonyl (C=O) groups excluding carboxylic acids is 1. The summed E-state index contributed by atoms with van der Waals surface area (Å²) in [4.78, 5) is 14.9. The summed E-state index contributed by atoms with van der Waals surface area (Å²) < 4.78 is 26.6. The molecule has 0 radical (unpaired) electrons. The summed E-state index contributed by atoms with van der Waals surface area (Å²) in [7, 11) is -3.72. The predicted molar refractivity (Wildman–Crippen MR) is 89.9 cm³/mol. The second-order valence-electron chi connectivity index (χ2n) is 6.27. The molecule has 0 N–H and O–H groups in total. The quantitative estimate of drug-likeness (QED) is 0.857. The number of likely N-dealkylation sites (tertiary alicyclic amines) is 1. The molecule has 1 unspecified atom stereocenters. The molecule has 0 bridgehead atoms. The Kier molecular flexibility index (Phi) is 3.66. The van der Waals surface area contributed by atoms with Crippen LogP contribution in [0.25, 0.3) is 0 Å². The first-order valence-corrected chi connectivity index (χ1v) is 9.45. The second kappa shape index (κ2) is 5.72. The summed E-state index contributed by atoms with van der Waals surface area (Å²) in [5, 5.41) is 0. The maximum Gasteiger partial charge on any atom is 0.269 e. The first-order valence-electron chi connectivity index (χ1n) is 8.01. The number of benzene rings is 2. The van der Waals surface area contributed by atoms with E-state index in [0.29, 0.717) is 18.5 Å². The summed E-state index contributed by atoms with van der Waals surface area (Å²) >= 11 is 0. The zero-order chi connectivity index (χ0) is 16.7. The van der Waals surface area contributed by atoms with Crippen molar-refractivity contribution < 1.29 is 13.2 Å². The first kappa shape index (κ1) is 15.4. The van der Waals surface area contributed by atoms with Crippen molar-refractivity contribution in [3.05, 3.63) is 65.7 Å². The van der Waals surface area contributed by atoms with Crippen LogP contribution in [-0.4, -0.2) is 42.7 Å². The number of hydrogen-bond donors (Lipinski definition) is 0. The van der Waals surface area contributed by atoms with Crippen LogP contribution in [0.2, 0.25) is 0 Å². The molecule has 6 heteroatoms. The third-order valence-corrected chi connectivity index (χ3v) is 6.58. The number of rotatable bonds is 3. The highest BCUT2D eigenvalue weighted by Crippen LogP contribution is 2.34. The van der Waals surface area contributed by atoms with Gasteiger partial charge in [-0.05, 0) is 24.1 Å². The van der Waals surface area contributed by atoms with Gasteiger partial charge >= 0.3 is 0 Å². The highest BCUT2D eigenvalue weighted by atomic mass is 32.2. The van der Waals surface area contributed by atoms with Crippen molar-refractivity contribution in [1.29, 1.82) is 0 Å². The van der Waals surface area contributed by atoms with Crippen LogP contribution in [-0.2, 0) is 16.6 Å². The molecule has 0 aromatic heterocycles. The van der Waals surface area contributed by atoms with E-state index in [2.05, 4.69) is 17.0 Å². The molecule has 1 saturated heterocycles. The lowest BCUT2D eigenvalue weighted by molar-refractivity contribution is 0.0834. The van der Waals surface area contributed by atoms with Gasteiger partial charge in [-0.1, -0.05) is 42.5 Å². The van der Waals surface area contributed by atoms with Gasteiger partial charge in [0, 0.05) is 19.6 Å². The van der Waals surface area contributed by atoms with Gasteiger partial charge in [0.1, 0.15) is 4.90 Å². The summed E-state index contributed by atoms with van der Waals surface area (Å²) in [5.41, 5.74) is 1.48. The maximum absolute atomic E-state index is 12.7. The zero-order valence-electron chi connectivity index (χ0n) is 13.1. The molecule has 5 nitrogen and oxygen atoms in total. The first-order chi connectivity index (χ1) is 11.6. The minimum absolute atomic E-state index is 0.136. The number of amides is 1. The molecule has 24 heavy (non-hydrogen) atoms. The van der Waals surface area contributed by atoms with Crippen molar-refractivity contribution in [2.45, 2.75) is 23.9 Å². The summed E-state index contributed by atoms with van der Waals surface area (Å²) in [5.74, 6) is -0.392. The Hall–Kier alpha value is -2.18. The van der Waals surface area contributed by atoms with E-state index < -0.39 is 15.9 Å². The number of hydrogen-bond acceptors (Lipinski definition) is 4. The Labute approximate surface area is 141 Å². The fourth-order valence-corrected chi connectivity index (χ4v) is 5.33. The number of fused-ring (bicyclic) bond motifs is 1. The summed E-state index contributed by atoms with van der Waals surface area (Å²) in [6.45, 7) is 2.13. The lowest BCUT2D eigenvalue weighted by Crippen LogP contribution is -2.41. The van der Waals surface area contributed by atoms with Gasteiger partial charge in [-0.3, -0.25) is 9.69 Å². The van der Waals surface area contributed by atoms with E-state index in [1.807, 2.05) is 18.2 Å². The molecular formula is C18H18N2O3S. The van der Waals surface area contributed by atoms with Gasteiger partial charge in [0.05, 0.1) is 11.6 Å². The van der Waals surface area contributed by atoms with Crippen LogP contribution in [0.4, 0.5) is 0 Å². The molecule has 2 aromatic rings. The monoisotopic (exact) mass is 342 g/mol. The Morgan fingerprint density at radius 3 is 2.46 bits per heavy atom. The fraction of sp³-hybridized carbons (Fsp3) is 0.278. The van der Waals surface area contributed by atoms with E-state index in [9.17, 15) is 13.2 Å². The lowest BCUT2D eigenvalue weighted by atomic mass is 10.2. The van der Waals surface area contributed by atoms with Crippen LogP contribution in [0.15, 0.2) is 59.5 Å². The van der Waals surface area contributed by atoms with Gasteiger partial charge in [0.2, 0.25) is 0 Å². The third kappa shape index (κ3) is 2.42. The average Bonchev–Trinajstić information content (AvgIpc) is 3.10. The normalized spacial score (nSPS) is 22.8. The Bertz CT molecular complexity index is 880. The molecule has 2 aliphatic heterocycles. The van der Waals surface area contributed by atoms with Crippen LogP contribution < -0.4 is 0 Å². The smallest absolute Gasteiger partial charge is 0.269 e. The molecule has 4 rings (SSSR count). The van der Waals surface area contributed by atoms with Gasteiger partial charge in [-0.2, -0.15) is 0 Å². The van der Waals surface area contributed by atoms with Gasteiger partial charge in [-0.25, -0.2) is 12.7 Å². The second-order valence-corrected chi connectivity index (χ2v) is 8.05. The maximum atomic E-state index is 12.7. The van der Waals surface area contributed by atoms with E-state index >= 15 is 0 Å². The number of nitrogens with zero attached hydrogens (tertiary/aromatic N) is 2. The largest absolute Gasteiger partial charge is 0.297 e. The molecule has 1 atom stereocenters. The molecule has 2 aromatic carbocycles. The molecule has 124 valence electrons. The average molecular weight is 342 g/mol. The van der Waals surface area contributed by atoms with Crippen molar-refractivity contribution in [3.8, 4) is 0 Å². The van der Waals surface area contributed by atoms with E-state index in [-0.39, 0.29) is 10.9 Å². The van der Waals surface area contributed by atoms with Gasteiger partial charge in [0.25, 0.3) is 15.9 Å². The minimum atomic E-state index is -3.72. The van der Waals surface area contributed by atoms with E-state index in [0.717, 1.165) is 17.4 Å². The molecule has 1 fully saturated rings. The van der Waals surface area contributed by atoms with Crippen molar-refractivity contribution in [2.75, 3.05) is 13.1 Å². The predicted octanol–water partition coefficient (Wildman–Crippen LogP) is 2.11. The standard InChI is InChI=1S/C18H18N2O3S/c21-18-16-8-4-5-9-17(16)24(22,23)20(18)15-10-11-19(13-15)12-14-6-2-1-3-7-14/h1-9,15H,10-13H2. The van der Waals surface area contributed by atoms with Crippen LogP contribution >= 0.6 is 0 Å². The number of sulfonamides is 1. The topological polar surface area (TPSA) is 57.7 Å². The van der Waals surface area contributed by atoms with E-state index in [4.69, 9.17) is 0 Å². The van der Waals surface area contributed by atoms with Gasteiger partial charge in [0.15, 0.2) is 0 Å². The van der Waals surface area contributed by atoms with Crippen molar-refractivity contribution in [1.82, 2.24) is 9.21 Å². The Balaban J connectivity index is 1.55. The van der Waals surface area contributed by atoms with Crippen LogP contribution in [0, 0.1) is 0 Å². The highest BCUT2D eigenvalue weighted by molar-refractivity contribution is 7.90. The SMILES string of the molecule is O=C1c2ccccc2S(=O)(=O)N1C1CCN(Cc2ccccc2)C1. The van der Waals surface area contributed by atoms with Crippen LogP contribution in [0.1, 0.15) is 22.3 Å². The summed E-state index contributed by atoms with van der Waals surface area (Å²) in [6.07, 6.45) is 0.672. The van der Waals surface area contributed by atoms with E-state index in [1.165, 1.54) is 11.6 Å². The fourth-order valence-electron chi connectivity index (χ4n) is 3.55. The molecular weight excluding hydrogens is 324 g/mol. The Morgan fingerprint density at radius 1 is 1.00 bits per heavy atom.